The number of nitrogens with zero attached hydrogens (tertiary/aromatic N) is 1. The van der Waals surface area contributed by atoms with Crippen LogP contribution in [0, 0.1) is 12.7 Å². The summed E-state index contributed by atoms with van der Waals surface area (Å²) in [5.74, 6) is 0.0991. The van der Waals surface area contributed by atoms with E-state index in [9.17, 15) is 17.6 Å². The summed E-state index contributed by atoms with van der Waals surface area (Å²) in [7, 11) is 0. The molecule has 0 aliphatic carbocycles. The number of rotatable bonds is 4. The third kappa shape index (κ3) is 3.81. The Hall–Kier alpha value is -1.89. The maximum Gasteiger partial charge on any atom is 0.416 e. The minimum atomic E-state index is -4.60. The second kappa shape index (κ2) is 5.85. The van der Waals surface area contributed by atoms with Gasteiger partial charge in [-0.25, -0.2) is 9.37 Å². The predicted molar refractivity (Wildman–Crippen MR) is 67.9 cm³/mol. The van der Waals surface area contributed by atoms with Crippen LogP contribution in [0.2, 0.25) is 0 Å². The van der Waals surface area contributed by atoms with Crippen LogP contribution in [0.25, 0.3) is 0 Å². The fourth-order valence-electron chi connectivity index (χ4n) is 1.89. The van der Waals surface area contributed by atoms with E-state index in [2.05, 4.69) is 10.3 Å². The topological polar surface area (TPSA) is 38.1 Å². The Morgan fingerprint density at radius 3 is 2.62 bits per heavy atom. The Morgan fingerprint density at radius 2 is 2.05 bits per heavy atom. The molecular formula is C14H14F4N2O. The van der Waals surface area contributed by atoms with Gasteiger partial charge in [0.2, 0.25) is 5.89 Å². The molecule has 0 aliphatic rings. The molecule has 0 spiro atoms. The quantitative estimate of drug-likeness (QED) is 0.868. The van der Waals surface area contributed by atoms with Crippen molar-refractivity contribution < 1.29 is 22.0 Å². The van der Waals surface area contributed by atoms with E-state index in [0.29, 0.717) is 17.7 Å². The SMILES string of the molecule is Cc1cnc(C(C)NCc2ccc(F)cc2C(F)(F)F)o1. The average Bonchev–Trinajstić information content (AvgIpc) is 2.82. The van der Waals surface area contributed by atoms with Gasteiger partial charge in [0.1, 0.15) is 11.6 Å². The fraction of sp³-hybridized carbons (Fsp3) is 0.357. The monoisotopic (exact) mass is 302 g/mol. The minimum Gasteiger partial charge on any atom is -0.444 e. The van der Waals surface area contributed by atoms with Gasteiger partial charge >= 0.3 is 6.18 Å². The Labute approximate surface area is 119 Å². The summed E-state index contributed by atoms with van der Waals surface area (Å²) >= 11 is 0. The van der Waals surface area contributed by atoms with Gasteiger partial charge in [0.25, 0.3) is 0 Å². The highest BCUT2D eigenvalue weighted by atomic mass is 19.4. The van der Waals surface area contributed by atoms with Gasteiger partial charge in [0, 0.05) is 6.54 Å². The summed E-state index contributed by atoms with van der Waals surface area (Å²) in [6.07, 6.45) is -3.06. The second-order valence-electron chi connectivity index (χ2n) is 4.71. The van der Waals surface area contributed by atoms with Crippen LogP contribution in [-0.2, 0) is 12.7 Å². The van der Waals surface area contributed by atoms with E-state index in [1.165, 1.54) is 6.20 Å². The van der Waals surface area contributed by atoms with E-state index in [1.54, 1.807) is 13.8 Å². The van der Waals surface area contributed by atoms with Crippen LogP contribution in [0.3, 0.4) is 0 Å². The number of hydrogen-bond acceptors (Lipinski definition) is 3. The number of oxazole rings is 1. The fourth-order valence-corrected chi connectivity index (χ4v) is 1.89. The van der Waals surface area contributed by atoms with Gasteiger partial charge < -0.3 is 9.73 Å². The summed E-state index contributed by atoms with van der Waals surface area (Å²) in [6, 6.07) is 2.27. The third-order valence-corrected chi connectivity index (χ3v) is 2.99. The molecule has 3 nitrogen and oxygen atoms in total. The molecular weight excluding hydrogens is 288 g/mol. The number of nitrogens with one attached hydrogen (secondary N) is 1. The molecule has 1 N–H and O–H groups in total. The Morgan fingerprint density at radius 1 is 1.33 bits per heavy atom. The van der Waals surface area contributed by atoms with Gasteiger partial charge in [0.05, 0.1) is 17.8 Å². The lowest BCUT2D eigenvalue weighted by atomic mass is 10.1. The standard InChI is InChI=1S/C14H14F4N2O/c1-8-6-20-13(21-8)9(2)19-7-10-3-4-11(15)5-12(10)14(16,17)18/h3-6,9,19H,7H2,1-2H3. The van der Waals surface area contributed by atoms with Crippen LogP contribution in [0.5, 0.6) is 0 Å². The number of alkyl halides is 3. The molecule has 0 aliphatic heterocycles. The summed E-state index contributed by atoms with van der Waals surface area (Å²) in [6.45, 7) is 3.38. The normalized spacial score (nSPS) is 13.4. The number of aromatic nitrogens is 1. The molecule has 2 rings (SSSR count). The smallest absolute Gasteiger partial charge is 0.416 e. The first kappa shape index (κ1) is 15.5. The number of halogens is 4. The molecule has 0 saturated heterocycles. The van der Waals surface area contributed by atoms with Gasteiger partial charge in [-0.05, 0) is 31.5 Å². The highest BCUT2D eigenvalue weighted by Crippen LogP contribution is 2.32. The third-order valence-electron chi connectivity index (χ3n) is 2.99. The maximum atomic E-state index is 13.0. The lowest BCUT2D eigenvalue weighted by Crippen LogP contribution is -2.21. The molecule has 1 aromatic carbocycles. The molecule has 21 heavy (non-hydrogen) atoms. The van der Waals surface area contributed by atoms with Crippen LogP contribution in [0.1, 0.15) is 35.7 Å². The summed E-state index contributed by atoms with van der Waals surface area (Å²) < 4.78 is 56.9. The Bertz CT molecular complexity index is 622. The average molecular weight is 302 g/mol. The highest BCUT2D eigenvalue weighted by Gasteiger charge is 2.33. The molecule has 0 amide bonds. The number of benzene rings is 1. The number of hydrogen-bond donors (Lipinski definition) is 1. The number of aryl methyl sites for hydroxylation is 1. The van der Waals surface area contributed by atoms with Gasteiger partial charge in [-0.2, -0.15) is 13.2 Å². The summed E-state index contributed by atoms with van der Waals surface area (Å²) in [4.78, 5) is 4.00. The van der Waals surface area contributed by atoms with Crippen molar-refractivity contribution in [3.63, 3.8) is 0 Å². The zero-order valence-corrected chi connectivity index (χ0v) is 11.5. The van der Waals surface area contributed by atoms with Crippen molar-refractivity contribution in [3.8, 4) is 0 Å². The first-order chi connectivity index (χ1) is 9.77. The zero-order chi connectivity index (χ0) is 15.6. The van der Waals surface area contributed by atoms with Gasteiger partial charge in [-0.3, -0.25) is 0 Å². The molecule has 0 fully saturated rings. The van der Waals surface area contributed by atoms with E-state index in [4.69, 9.17) is 4.42 Å². The zero-order valence-electron chi connectivity index (χ0n) is 11.5. The molecule has 7 heteroatoms. The van der Waals surface area contributed by atoms with Crippen molar-refractivity contribution in [2.24, 2.45) is 0 Å². The van der Waals surface area contributed by atoms with Crippen molar-refractivity contribution in [1.82, 2.24) is 10.3 Å². The van der Waals surface area contributed by atoms with Crippen LogP contribution in [-0.4, -0.2) is 4.98 Å². The molecule has 1 heterocycles. The van der Waals surface area contributed by atoms with Crippen LogP contribution >= 0.6 is 0 Å². The van der Waals surface area contributed by atoms with Crippen molar-refractivity contribution in [1.29, 1.82) is 0 Å². The molecule has 1 unspecified atom stereocenters. The molecule has 1 atom stereocenters. The molecule has 0 saturated carbocycles. The van der Waals surface area contributed by atoms with E-state index in [-0.39, 0.29) is 18.2 Å². The summed E-state index contributed by atoms with van der Waals surface area (Å²) in [5, 5.41) is 2.88. The molecule has 1 aromatic heterocycles. The molecule has 0 bridgehead atoms. The van der Waals surface area contributed by atoms with E-state index in [1.807, 2.05) is 0 Å². The van der Waals surface area contributed by atoms with E-state index >= 15 is 0 Å². The summed E-state index contributed by atoms with van der Waals surface area (Å²) in [5.41, 5.74) is -1.01. The largest absolute Gasteiger partial charge is 0.444 e. The highest BCUT2D eigenvalue weighted by molar-refractivity contribution is 5.30. The van der Waals surface area contributed by atoms with Crippen LogP contribution in [0.4, 0.5) is 17.6 Å². The molecule has 2 aromatic rings. The van der Waals surface area contributed by atoms with Gasteiger partial charge in [-0.15, -0.1) is 0 Å². The van der Waals surface area contributed by atoms with Crippen molar-refractivity contribution >= 4 is 0 Å². The Balaban J connectivity index is 2.13. The van der Waals surface area contributed by atoms with Crippen molar-refractivity contribution in [3.05, 3.63) is 53.0 Å². The van der Waals surface area contributed by atoms with E-state index in [0.717, 1.165) is 12.1 Å². The first-order valence-corrected chi connectivity index (χ1v) is 6.28. The van der Waals surface area contributed by atoms with Crippen molar-refractivity contribution in [2.75, 3.05) is 0 Å². The van der Waals surface area contributed by atoms with Gasteiger partial charge in [0.15, 0.2) is 0 Å². The first-order valence-electron chi connectivity index (χ1n) is 6.28. The second-order valence-corrected chi connectivity index (χ2v) is 4.71. The van der Waals surface area contributed by atoms with Crippen LogP contribution in [0.15, 0.2) is 28.8 Å². The molecule has 114 valence electrons. The van der Waals surface area contributed by atoms with Gasteiger partial charge in [-0.1, -0.05) is 6.07 Å². The molecule has 0 radical (unpaired) electrons. The lowest BCUT2D eigenvalue weighted by Gasteiger charge is -2.15. The van der Waals surface area contributed by atoms with E-state index < -0.39 is 17.6 Å². The van der Waals surface area contributed by atoms with Crippen LogP contribution < -0.4 is 5.32 Å². The maximum absolute atomic E-state index is 13.0. The Kier molecular flexibility index (Phi) is 4.32. The predicted octanol–water partition coefficient (Wildman–Crippen LogP) is 3.99. The lowest BCUT2D eigenvalue weighted by molar-refractivity contribution is -0.138. The van der Waals surface area contributed by atoms with Crippen molar-refractivity contribution in [2.45, 2.75) is 32.6 Å². The minimum absolute atomic E-state index is 0.0287.